The van der Waals surface area contributed by atoms with Crippen molar-refractivity contribution in [2.75, 3.05) is 39.3 Å². The Morgan fingerprint density at radius 3 is 2.23 bits per heavy atom. The fourth-order valence-electron chi connectivity index (χ4n) is 4.59. The Morgan fingerprint density at radius 2 is 1.58 bits per heavy atom. The highest BCUT2D eigenvalue weighted by Gasteiger charge is 2.35. The number of nitrogens with zero attached hydrogens (tertiary/aromatic N) is 3. The fraction of sp³-hybridized carbons (Fsp3) is 0.522. The van der Waals surface area contributed by atoms with Crippen molar-refractivity contribution < 1.29 is 17.9 Å². The summed E-state index contributed by atoms with van der Waals surface area (Å²) in [7, 11) is -3.56. The number of hydrogen-bond donors (Lipinski definition) is 0. The first kappa shape index (κ1) is 22.2. The average Bonchev–Trinajstić information content (AvgIpc) is 2.77. The molecule has 0 saturated carbocycles. The van der Waals surface area contributed by atoms with Crippen LogP contribution in [-0.2, 0) is 19.6 Å². The van der Waals surface area contributed by atoms with Gasteiger partial charge in [0.2, 0.25) is 15.9 Å². The molecule has 31 heavy (non-hydrogen) atoms. The minimum Gasteiger partial charge on any atom is -0.372 e. The predicted octanol–water partition coefficient (Wildman–Crippen LogP) is 2.17. The molecule has 2 aliphatic rings. The lowest BCUT2D eigenvalue weighted by atomic mass is 10.1. The highest BCUT2D eigenvalue weighted by molar-refractivity contribution is 7.89. The molecule has 8 heteroatoms. The van der Waals surface area contributed by atoms with E-state index in [1.54, 1.807) is 12.1 Å². The van der Waals surface area contributed by atoms with Crippen LogP contribution in [0.2, 0.25) is 0 Å². The summed E-state index contributed by atoms with van der Waals surface area (Å²) in [4.78, 5) is 17.3. The molecule has 2 heterocycles. The van der Waals surface area contributed by atoms with Gasteiger partial charge in [-0.2, -0.15) is 4.31 Å². The van der Waals surface area contributed by atoms with Crippen molar-refractivity contribution in [1.82, 2.24) is 14.1 Å². The van der Waals surface area contributed by atoms with Gasteiger partial charge in [0.25, 0.3) is 0 Å². The number of morpholine rings is 1. The number of rotatable bonds is 4. The minimum absolute atomic E-state index is 0.0313. The Morgan fingerprint density at radius 1 is 0.968 bits per heavy atom. The molecule has 2 saturated heterocycles. The molecule has 4 rings (SSSR count). The van der Waals surface area contributed by atoms with Crippen LogP contribution >= 0.6 is 0 Å². The van der Waals surface area contributed by atoms with Crippen LogP contribution in [-0.4, -0.2) is 85.9 Å². The van der Waals surface area contributed by atoms with Gasteiger partial charge in [-0.15, -0.1) is 0 Å². The van der Waals surface area contributed by atoms with Crippen molar-refractivity contribution in [3.05, 3.63) is 42.5 Å². The first-order chi connectivity index (χ1) is 14.8. The average molecular weight is 446 g/mol. The first-order valence-corrected chi connectivity index (χ1v) is 12.4. The SMILES string of the molecule is C[C@@H]1CN(C(=O)[C@@H](C)N2CCN(S(=O)(=O)c3ccc4ccccc4c3)CC2)C[C@@H](C)O1. The largest absolute Gasteiger partial charge is 0.372 e. The number of fused-ring (bicyclic) bond motifs is 1. The maximum absolute atomic E-state index is 13.2. The van der Waals surface area contributed by atoms with E-state index in [9.17, 15) is 13.2 Å². The number of hydrogen-bond acceptors (Lipinski definition) is 5. The third-order valence-corrected chi connectivity index (χ3v) is 8.16. The van der Waals surface area contributed by atoms with Crippen molar-refractivity contribution in [3.63, 3.8) is 0 Å². The van der Waals surface area contributed by atoms with Gasteiger partial charge in [0.1, 0.15) is 0 Å². The molecule has 0 spiro atoms. The Hall–Kier alpha value is -2.00. The summed E-state index contributed by atoms with van der Waals surface area (Å²) >= 11 is 0. The lowest BCUT2D eigenvalue weighted by molar-refractivity contribution is -0.148. The second-order valence-electron chi connectivity index (χ2n) is 8.63. The van der Waals surface area contributed by atoms with Crippen LogP contribution in [0.4, 0.5) is 0 Å². The normalized spacial score (nSPS) is 24.9. The summed E-state index contributed by atoms with van der Waals surface area (Å²) in [6, 6.07) is 12.7. The zero-order valence-corrected chi connectivity index (χ0v) is 19.2. The van der Waals surface area contributed by atoms with E-state index in [2.05, 4.69) is 4.90 Å². The molecular formula is C23H31N3O4S. The summed E-state index contributed by atoms with van der Waals surface area (Å²) in [6.45, 7) is 8.91. The van der Waals surface area contributed by atoms with E-state index in [0.29, 0.717) is 44.2 Å². The van der Waals surface area contributed by atoms with Crippen molar-refractivity contribution in [1.29, 1.82) is 0 Å². The Bertz CT molecular complexity index is 1040. The number of piperazine rings is 1. The van der Waals surface area contributed by atoms with E-state index in [0.717, 1.165) is 10.8 Å². The van der Waals surface area contributed by atoms with Gasteiger partial charge in [-0.05, 0) is 43.7 Å². The maximum Gasteiger partial charge on any atom is 0.243 e. The van der Waals surface area contributed by atoms with Crippen molar-refractivity contribution in [3.8, 4) is 0 Å². The number of benzene rings is 2. The Balaban J connectivity index is 1.40. The number of amides is 1. The van der Waals surface area contributed by atoms with Gasteiger partial charge in [-0.1, -0.05) is 30.3 Å². The zero-order chi connectivity index (χ0) is 22.2. The van der Waals surface area contributed by atoms with Crippen LogP contribution in [0.25, 0.3) is 10.8 Å². The topological polar surface area (TPSA) is 70.2 Å². The number of sulfonamides is 1. The molecule has 2 fully saturated rings. The van der Waals surface area contributed by atoms with Gasteiger partial charge in [0.05, 0.1) is 23.1 Å². The van der Waals surface area contributed by atoms with Crippen LogP contribution in [0, 0.1) is 0 Å². The molecule has 0 unspecified atom stereocenters. The van der Waals surface area contributed by atoms with Gasteiger partial charge in [-0.3, -0.25) is 9.69 Å². The van der Waals surface area contributed by atoms with Gasteiger partial charge in [0, 0.05) is 39.3 Å². The number of ether oxygens (including phenoxy) is 1. The van der Waals surface area contributed by atoms with E-state index in [-0.39, 0.29) is 24.2 Å². The van der Waals surface area contributed by atoms with Crippen LogP contribution in [0.15, 0.2) is 47.4 Å². The predicted molar refractivity (Wildman–Crippen MR) is 120 cm³/mol. The quantitative estimate of drug-likeness (QED) is 0.722. The van der Waals surface area contributed by atoms with E-state index >= 15 is 0 Å². The molecule has 7 nitrogen and oxygen atoms in total. The van der Waals surface area contributed by atoms with E-state index < -0.39 is 10.0 Å². The lowest BCUT2D eigenvalue weighted by Gasteiger charge is -2.41. The highest BCUT2D eigenvalue weighted by atomic mass is 32.2. The van der Waals surface area contributed by atoms with Crippen molar-refractivity contribution in [2.24, 2.45) is 0 Å². The van der Waals surface area contributed by atoms with Crippen LogP contribution < -0.4 is 0 Å². The minimum atomic E-state index is -3.56. The molecule has 0 aliphatic carbocycles. The molecule has 1 amide bonds. The molecule has 3 atom stereocenters. The standard InChI is InChI=1S/C23H31N3O4S/c1-17-15-25(16-18(2)30-17)23(27)19(3)24-10-12-26(13-11-24)31(28,29)22-9-8-20-6-4-5-7-21(20)14-22/h4-9,14,17-19H,10-13,15-16H2,1-3H3/t17-,18-,19-/m1/s1. The van der Waals surface area contributed by atoms with Crippen LogP contribution in [0.1, 0.15) is 20.8 Å². The number of carbonyl (C=O) groups excluding carboxylic acids is 1. The van der Waals surface area contributed by atoms with Gasteiger partial charge in [-0.25, -0.2) is 8.42 Å². The first-order valence-electron chi connectivity index (χ1n) is 10.9. The van der Waals surface area contributed by atoms with Crippen molar-refractivity contribution in [2.45, 2.75) is 43.9 Å². The molecule has 2 aromatic rings. The summed E-state index contributed by atoms with van der Waals surface area (Å²) in [5, 5.41) is 1.93. The second kappa shape index (κ2) is 8.86. The number of carbonyl (C=O) groups is 1. The molecule has 0 bridgehead atoms. The summed E-state index contributed by atoms with van der Waals surface area (Å²) in [6.07, 6.45) is 0.0627. The van der Waals surface area contributed by atoms with Gasteiger partial charge < -0.3 is 9.64 Å². The monoisotopic (exact) mass is 445 g/mol. The lowest BCUT2D eigenvalue weighted by Crippen LogP contribution is -2.58. The zero-order valence-electron chi connectivity index (χ0n) is 18.4. The maximum atomic E-state index is 13.2. The Kier molecular flexibility index (Phi) is 6.35. The van der Waals surface area contributed by atoms with E-state index in [1.165, 1.54) is 4.31 Å². The fourth-order valence-corrected chi connectivity index (χ4v) is 6.04. The highest BCUT2D eigenvalue weighted by Crippen LogP contribution is 2.23. The molecule has 2 aliphatic heterocycles. The summed E-state index contributed by atoms with van der Waals surface area (Å²) in [5.41, 5.74) is 0. The van der Waals surface area contributed by atoms with Gasteiger partial charge in [0.15, 0.2) is 0 Å². The molecule has 0 aromatic heterocycles. The summed E-state index contributed by atoms with van der Waals surface area (Å²) in [5.74, 6) is 0.0906. The third-order valence-electron chi connectivity index (χ3n) is 6.27. The molecule has 2 aromatic carbocycles. The Labute approximate surface area is 184 Å². The molecular weight excluding hydrogens is 414 g/mol. The van der Waals surface area contributed by atoms with Crippen molar-refractivity contribution >= 4 is 26.7 Å². The van der Waals surface area contributed by atoms with E-state index in [4.69, 9.17) is 4.74 Å². The molecule has 0 N–H and O–H groups in total. The molecule has 168 valence electrons. The molecule has 0 radical (unpaired) electrons. The summed E-state index contributed by atoms with van der Waals surface area (Å²) < 4.78 is 33.6. The smallest absolute Gasteiger partial charge is 0.243 e. The second-order valence-corrected chi connectivity index (χ2v) is 10.6. The van der Waals surface area contributed by atoms with Crippen LogP contribution in [0.3, 0.4) is 0 Å². The van der Waals surface area contributed by atoms with Crippen LogP contribution in [0.5, 0.6) is 0 Å². The van der Waals surface area contributed by atoms with E-state index in [1.807, 2.05) is 56.0 Å². The third kappa shape index (κ3) is 4.62. The van der Waals surface area contributed by atoms with Gasteiger partial charge >= 0.3 is 0 Å².